The number of benzene rings is 10. The summed E-state index contributed by atoms with van der Waals surface area (Å²) in [5, 5.41) is 12.4. The Kier molecular flexibility index (Phi) is 9.67. The van der Waals surface area contributed by atoms with Gasteiger partial charge >= 0.3 is 0 Å². The van der Waals surface area contributed by atoms with Crippen LogP contribution in [0, 0.1) is 0 Å². The zero-order valence-electron chi connectivity index (χ0n) is 45.0. The maximum atomic E-state index is 5.60. The summed E-state index contributed by atoms with van der Waals surface area (Å²) in [6.07, 6.45) is 0. The first kappa shape index (κ1) is 45.9. The van der Waals surface area contributed by atoms with Gasteiger partial charge in [-0.1, -0.05) is 157 Å². The molecule has 0 bridgehead atoms. The van der Waals surface area contributed by atoms with Gasteiger partial charge in [0.05, 0.1) is 66.9 Å². The molecule has 0 fully saturated rings. The number of fused-ring (bicyclic) bond motifs is 15. The smallest absolute Gasteiger partial charge is 0.138 e. The van der Waals surface area contributed by atoms with Crippen LogP contribution in [0.3, 0.4) is 0 Å². The average Bonchev–Trinajstić information content (AvgIpc) is 4.04. The number of aromatic nitrogens is 5. The third-order valence-corrected chi connectivity index (χ3v) is 18.0. The number of hydrogen-bond donors (Lipinski definition) is 0. The molecule has 0 radical (unpaired) electrons. The van der Waals surface area contributed by atoms with E-state index in [0.717, 1.165) is 56.2 Å². The first-order valence-electron chi connectivity index (χ1n) is 27.5. The molecule has 5 nitrogen and oxygen atoms in total. The summed E-state index contributed by atoms with van der Waals surface area (Å²) in [5.74, 6) is 0.885. The molecule has 0 unspecified atom stereocenters. The van der Waals surface area contributed by atoms with Crippen molar-refractivity contribution in [3.63, 3.8) is 0 Å². The summed E-state index contributed by atoms with van der Waals surface area (Å²) in [6, 6.07) is 83.9. The largest absolute Gasteiger partial charge is 0.309 e. The minimum absolute atomic E-state index is 0.0531. The van der Waals surface area contributed by atoms with E-state index in [0.29, 0.717) is 0 Å². The molecule has 0 aliphatic carbocycles. The van der Waals surface area contributed by atoms with E-state index < -0.39 is 0 Å². The second kappa shape index (κ2) is 16.6. The third-order valence-electron chi connectivity index (χ3n) is 16.8. The van der Waals surface area contributed by atoms with Crippen molar-refractivity contribution in [2.24, 2.45) is 0 Å². The van der Waals surface area contributed by atoms with Crippen molar-refractivity contribution in [1.82, 2.24) is 23.3 Å². The maximum Gasteiger partial charge on any atom is 0.138 e. The molecule has 6 heterocycles. The molecular formula is C73H55N5S. The van der Waals surface area contributed by atoms with Crippen molar-refractivity contribution < 1.29 is 0 Å². The van der Waals surface area contributed by atoms with Gasteiger partial charge in [-0.25, -0.2) is 4.98 Å². The minimum Gasteiger partial charge on any atom is -0.309 e. The Morgan fingerprint density at radius 2 is 0.709 bits per heavy atom. The van der Waals surface area contributed by atoms with Crippen molar-refractivity contribution in [3.8, 4) is 34.1 Å². The first-order valence-corrected chi connectivity index (χ1v) is 28.3. The van der Waals surface area contributed by atoms with Gasteiger partial charge in [0.25, 0.3) is 0 Å². The lowest BCUT2D eigenvalue weighted by Gasteiger charge is -2.19. The van der Waals surface area contributed by atoms with Crippen molar-refractivity contribution >= 4 is 119 Å². The molecule has 0 aliphatic heterocycles. The predicted octanol–water partition coefficient (Wildman–Crippen LogP) is 20.1. The molecule has 16 aromatic rings. The van der Waals surface area contributed by atoms with Gasteiger partial charge in [0.1, 0.15) is 5.82 Å². The van der Waals surface area contributed by atoms with E-state index in [4.69, 9.17) is 4.98 Å². The SMILES string of the molecule is CC(C)(C)c1ccc2c(c1)c1cc3c4cc(C(C)(C)C)ccc4n(-c4cccc(-c5ccc6sc7ccccc7c6c5)n4)c3cc1n2-c1cc(-n2c3ccccc3c3ccccc32)cc(-n2c3ccccc3c3ccccc32)c1. The van der Waals surface area contributed by atoms with Gasteiger partial charge in [-0.3, -0.25) is 4.57 Å². The van der Waals surface area contributed by atoms with Crippen LogP contribution in [0.5, 0.6) is 0 Å². The van der Waals surface area contributed by atoms with Crippen molar-refractivity contribution in [3.05, 3.63) is 236 Å². The molecule has 0 saturated carbocycles. The fraction of sp³-hybridized carbons (Fsp3) is 0.110. The van der Waals surface area contributed by atoms with Crippen LogP contribution in [0.2, 0.25) is 0 Å². The van der Waals surface area contributed by atoms with Gasteiger partial charge in [0.2, 0.25) is 0 Å². The van der Waals surface area contributed by atoms with Gasteiger partial charge in [0, 0.05) is 68.8 Å². The fourth-order valence-electron chi connectivity index (χ4n) is 13.0. The van der Waals surface area contributed by atoms with Crippen LogP contribution >= 0.6 is 11.3 Å². The zero-order valence-corrected chi connectivity index (χ0v) is 45.8. The van der Waals surface area contributed by atoms with Crippen molar-refractivity contribution in [2.45, 2.75) is 52.4 Å². The quantitative estimate of drug-likeness (QED) is 0.169. The van der Waals surface area contributed by atoms with Crippen LogP contribution in [-0.2, 0) is 10.8 Å². The Bertz CT molecular complexity index is 4990. The average molecular weight is 1030 g/mol. The lowest BCUT2D eigenvalue weighted by atomic mass is 9.86. The maximum absolute atomic E-state index is 5.60. The van der Waals surface area contributed by atoms with E-state index in [1.807, 2.05) is 11.3 Å². The van der Waals surface area contributed by atoms with E-state index in [-0.39, 0.29) is 10.8 Å². The number of para-hydroxylation sites is 4. The van der Waals surface area contributed by atoms with Crippen molar-refractivity contribution in [2.75, 3.05) is 0 Å². The van der Waals surface area contributed by atoms with Gasteiger partial charge in [-0.15, -0.1) is 11.3 Å². The molecule has 6 aromatic heterocycles. The normalized spacial score (nSPS) is 12.7. The number of nitrogens with zero attached hydrogens (tertiary/aromatic N) is 5. The highest BCUT2D eigenvalue weighted by Crippen LogP contribution is 2.45. The molecule has 79 heavy (non-hydrogen) atoms. The van der Waals surface area contributed by atoms with Gasteiger partial charge in [-0.2, -0.15) is 0 Å². The van der Waals surface area contributed by atoms with Gasteiger partial charge in [-0.05, 0) is 131 Å². The van der Waals surface area contributed by atoms with Crippen LogP contribution in [-0.4, -0.2) is 23.3 Å². The summed E-state index contributed by atoms with van der Waals surface area (Å²) in [6.45, 7) is 13.9. The zero-order chi connectivity index (χ0) is 53.1. The molecule has 0 saturated heterocycles. The second-order valence-corrected chi connectivity index (χ2v) is 24.7. The lowest BCUT2D eigenvalue weighted by molar-refractivity contribution is 0.591. The van der Waals surface area contributed by atoms with Crippen LogP contribution in [0.1, 0.15) is 52.7 Å². The lowest BCUT2D eigenvalue weighted by Crippen LogP contribution is -2.10. The molecular weight excluding hydrogens is 979 g/mol. The topological polar surface area (TPSA) is 32.6 Å². The summed E-state index contributed by atoms with van der Waals surface area (Å²) in [4.78, 5) is 5.60. The molecule has 0 aliphatic rings. The number of hydrogen-bond acceptors (Lipinski definition) is 2. The molecule has 0 amide bonds. The third kappa shape index (κ3) is 6.90. The monoisotopic (exact) mass is 1030 g/mol. The molecule has 0 spiro atoms. The van der Waals surface area contributed by atoms with E-state index in [2.05, 4.69) is 284 Å². The highest BCUT2D eigenvalue weighted by molar-refractivity contribution is 7.25. The Balaban J connectivity index is 1.02. The summed E-state index contributed by atoms with van der Waals surface area (Å²) < 4.78 is 12.5. The van der Waals surface area contributed by atoms with Crippen molar-refractivity contribution in [1.29, 1.82) is 0 Å². The predicted molar refractivity (Wildman–Crippen MR) is 337 cm³/mol. The van der Waals surface area contributed by atoms with Gasteiger partial charge < -0.3 is 13.7 Å². The summed E-state index contributed by atoms with van der Waals surface area (Å²) in [7, 11) is 0. The highest BCUT2D eigenvalue weighted by Gasteiger charge is 2.25. The van der Waals surface area contributed by atoms with Gasteiger partial charge in [0.15, 0.2) is 0 Å². The highest BCUT2D eigenvalue weighted by atomic mass is 32.1. The van der Waals surface area contributed by atoms with Crippen LogP contribution in [0.25, 0.3) is 142 Å². The Morgan fingerprint density at radius 1 is 0.291 bits per heavy atom. The Labute approximate surface area is 461 Å². The molecule has 10 aromatic carbocycles. The first-order chi connectivity index (χ1) is 38.4. The standard InChI is InChI=1S/C73H55N5S/c1-72(2,3)45-31-33-65-55(37-45)57-42-58-56-38-46(73(4,5)6)32-34-66(56)78(71-29-17-23-60(74-71)44-30-35-70-59(36-44)54-22-11-16-28-69(54)79-70)68(58)43-67(57)77(65)49-40-47(75-61-24-12-7-18-50(61)51-19-8-13-25-62(51)75)39-48(41-49)76-63-26-14-9-20-52(63)53-21-10-15-27-64(53)76/h7-43H,1-6H3. The van der Waals surface area contributed by atoms with E-state index in [1.165, 1.54) is 96.5 Å². The Morgan fingerprint density at radius 3 is 1.23 bits per heavy atom. The molecule has 6 heteroatoms. The van der Waals surface area contributed by atoms with E-state index in [9.17, 15) is 0 Å². The fourth-order valence-corrected chi connectivity index (χ4v) is 14.0. The molecule has 378 valence electrons. The van der Waals surface area contributed by atoms with Crippen LogP contribution < -0.4 is 0 Å². The minimum atomic E-state index is -0.0672. The summed E-state index contributed by atoms with van der Waals surface area (Å²) >= 11 is 1.85. The molecule has 0 N–H and O–H groups in total. The molecule has 16 rings (SSSR count). The van der Waals surface area contributed by atoms with Crippen LogP contribution in [0.4, 0.5) is 0 Å². The number of thiophene rings is 1. The second-order valence-electron chi connectivity index (χ2n) is 23.7. The Hall–Kier alpha value is -9.23. The number of pyridine rings is 1. The van der Waals surface area contributed by atoms with Crippen LogP contribution in [0.15, 0.2) is 224 Å². The van der Waals surface area contributed by atoms with E-state index in [1.54, 1.807) is 0 Å². The number of rotatable bonds is 5. The molecule has 0 atom stereocenters. The van der Waals surface area contributed by atoms with E-state index >= 15 is 0 Å². The summed E-state index contributed by atoms with van der Waals surface area (Å²) in [5.41, 5.74) is 17.0.